The van der Waals surface area contributed by atoms with E-state index in [0.717, 1.165) is 22.3 Å². The van der Waals surface area contributed by atoms with Gasteiger partial charge in [0.2, 0.25) is 5.43 Å². The fraction of sp³-hybridized carbons (Fsp3) is 0.0811. The number of carbonyl (C=O) groups excluding carboxylic acids is 1. The van der Waals surface area contributed by atoms with E-state index in [1.807, 2.05) is 48.5 Å². The summed E-state index contributed by atoms with van der Waals surface area (Å²) in [6, 6.07) is 23.9. The summed E-state index contributed by atoms with van der Waals surface area (Å²) in [7, 11) is 3.16. The van der Waals surface area contributed by atoms with Crippen LogP contribution in [0.3, 0.4) is 0 Å². The third kappa shape index (κ3) is 6.71. The fourth-order valence-electron chi connectivity index (χ4n) is 5.23. The highest BCUT2D eigenvalue weighted by molar-refractivity contribution is 6.04. The summed E-state index contributed by atoms with van der Waals surface area (Å²) in [4.78, 5) is 35.6. The van der Waals surface area contributed by atoms with Gasteiger partial charge in [0.1, 0.15) is 17.2 Å². The Kier molecular flexibility index (Phi) is 8.74. The quantitative estimate of drug-likeness (QED) is 0.183. The van der Waals surface area contributed by atoms with Crippen LogP contribution in [0.25, 0.3) is 33.4 Å². The molecule has 234 valence electrons. The predicted octanol–water partition coefficient (Wildman–Crippen LogP) is 6.68. The number of pyridine rings is 3. The predicted molar refractivity (Wildman–Crippen MR) is 180 cm³/mol. The zero-order valence-corrected chi connectivity index (χ0v) is 25.6. The Morgan fingerprint density at radius 2 is 1.47 bits per heavy atom. The van der Waals surface area contributed by atoms with Gasteiger partial charge < -0.3 is 25.1 Å². The molecule has 0 radical (unpaired) electrons. The molecule has 3 N–H and O–H groups in total. The number of nitrogens with two attached hydrogens (primary N) is 1. The van der Waals surface area contributed by atoms with Crippen LogP contribution in [0.1, 0.15) is 15.9 Å². The second-order valence-electron chi connectivity index (χ2n) is 10.7. The molecular weight excluding hydrogens is 597 g/mol. The van der Waals surface area contributed by atoms with Gasteiger partial charge >= 0.3 is 0 Å². The number of nitrogens with zero attached hydrogens (tertiary/aromatic N) is 3. The molecule has 0 aliphatic heterocycles. The number of nitrogen functional groups attached to an aromatic ring is 1. The van der Waals surface area contributed by atoms with Crippen LogP contribution in [0.15, 0.2) is 121 Å². The Morgan fingerprint density at radius 1 is 0.809 bits per heavy atom. The number of anilines is 2. The average molecular weight is 628 g/mol. The van der Waals surface area contributed by atoms with Gasteiger partial charge in [-0.1, -0.05) is 30.3 Å². The number of aromatic nitrogens is 3. The van der Waals surface area contributed by atoms with E-state index in [1.165, 1.54) is 30.5 Å². The Balaban J connectivity index is 1.28. The van der Waals surface area contributed by atoms with Crippen LogP contribution in [0.2, 0.25) is 0 Å². The molecule has 3 aromatic carbocycles. The van der Waals surface area contributed by atoms with Crippen LogP contribution in [-0.4, -0.2) is 34.7 Å². The molecule has 0 aliphatic rings. The zero-order chi connectivity index (χ0) is 32.9. The van der Waals surface area contributed by atoms with Gasteiger partial charge in [-0.25, -0.2) is 9.37 Å². The second-order valence-corrected chi connectivity index (χ2v) is 10.7. The van der Waals surface area contributed by atoms with Crippen molar-refractivity contribution >= 4 is 17.4 Å². The standard InChI is InChI=1S/C37H30FN5O4/c1-46-33-12-7-26(18-34(33)47-2)27-17-30(36(39)41-19-27)24-5-10-29(11-6-24)42-37(45)32-22-43(20-23-13-15-40-16-14-23)21-31(35(32)44)25-3-8-28(38)9-4-25/h3-19,21-22H,20H2,1-2H3,(H2,39,41)(H,42,45). The highest BCUT2D eigenvalue weighted by Crippen LogP contribution is 2.35. The van der Waals surface area contributed by atoms with Gasteiger partial charge in [-0.15, -0.1) is 0 Å². The molecule has 3 heterocycles. The van der Waals surface area contributed by atoms with Gasteiger partial charge in [-0.3, -0.25) is 14.6 Å². The van der Waals surface area contributed by atoms with Crippen molar-refractivity contribution in [2.75, 3.05) is 25.3 Å². The van der Waals surface area contributed by atoms with Crippen molar-refractivity contribution in [2.45, 2.75) is 6.54 Å². The third-order valence-electron chi connectivity index (χ3n) is 7.68. The molecule has 0 saturated heterocycles. The van der Waals surface area contributed by atoms with Gasteiger partial charge in [0.05, 0.1) is 14.2 Å². The van der Waals surface area contributed by atoms with Crippen LogP contribution < -0.4 is 26.0 Å². The largest absolute Gasteiger partial charge is 0.493 e. The van der Waals surface area contributed by atoms with Gasteiger partial charge in [0.25, 0.3) is 5.91 Å². The lowest BCUT2D eigenvalue weighted by atomic mass is 10.0. The number of nitrogens with one attached hydrogen (secondary N) is 1. The first kappa shape index (κ1) is 30.7. The molecule has 0 fully saturated rings. The second kappa shape index (κ2) is 13.4. The number of hydrogen-bond acceptors (Lipinski definition) is 7. The van der Waals surface area contributed by atoms with Crippen molar-refractivity contribution in [3.05, 3.63) is 143 Å². The van der Waals surface area contributed by atoms with Gasteiger partial charge in [-0.2, -0.15) is 0 Å². The number of hydrogen-bond donors (Lipinski definition) is 2. The topological polar surface area (TPSA) is 121 Å². The van der Waals surface area contributed by atoms with Gasteiger partial charge in [0.15, 0.2) is 11.5 Å². The molecule has 6 aromatic rings. The van der Waals surface area contributed by atoms with Crippen molar-refractivity contribution in [3.63, 3.8) is 0 Å². The fourth-order valence-corrected chi connectivity index (χ4v) is 5.23. The van der Waals surface area contributed by atoms with E-state index in [-0.39, 0.29) is 11.1 Å². The van der Waals surface area contributed by atoms with Crippen molar-refractivity contribution in [2.24, 2.45) is 0 Å². The number of benzene rings is 3. The van der Waals surface area contributed by atoms with E-state index in [0.29, 0.717) is 40.7 Å². The van der Waals surface area contributed by atoms with Crippen molar-refractivity contribution in [1.82, 2.24) is 14.5 Å². The Bertz CT molecular complexity index is 2120. The van der Waals surface area contributed by atoms with Crippen LogP contribution in [0.5, 0.6) is 11.5 Å². The molecule has 0 spiro atoms. The molecule has 10 heteroatoms. The summed E-state index contributed by atoms with van der Waals surface area (Å²) < 4.78 is 26.2. The summed E-state index contributed by atoms with van der Waals surface area (Å²) >= 11 is 0. The lowest BCUT2D eigenvalue weighted by molar-refractivity contribution is 0.102. The van der Waals surface area contributed by atoms with Crippen molar-refractivity contribution < 1.29 is 18.7 Å². The average Bonchev–Trinajstić information content (AvgIpc) is 3.10. The Morgan fingerprint density at radius 3 is 2.17 bits per heavy atom. The first-order chi connectivity index (χ1) is 22.8. The van der Waals surface area contributed by atoms with E-state index in [4.69, 9.17) is 15.2 Å². The minimum absolute atomic E-state index is 0.0546. The monoisotopic (exact) mass is 627 g/mol. The SMILES string of the molecule is COc1ccc(-c2cnc(N)c(-c3ccc(NC(=O)c4cn(Cc5ccncc5)cc(-c5ccc(F)cc5)c4=O)cc3)c2)cc1OC. The van der Waals surface area contributed by atoms with E-state index < -0.39 is 17.2 Å². The van der Waals surface area contributed by atoms with E-state index in [9.17, 15) is 14.0 Å². The molecule has 0 atom stereocenters. The molecular formula is C37H30FN5O4. The lowest BCUT2D eigenvalue weighted by Gasteiger charge is -2.14. The van der Waals surface area contributed by atoms with E-state index >= 15 is 0 Å². The molecule has 0 saturated carbocycles. The number of amides is 1. The maximum absolute atomic E-state index is 13.7. The van der Waals surface area contributed by atoms with Crippen LogP contribution in [0, 0.1) is 5.82 Å². The number of ether oxygens (including phenoxy) is 2. The maximum Gasteiger partial charge on any atom is 0.261 e. The highest BCUT2D eigenvalue weighted by Gasteiger charge is 2.18. The molecule has 47 heavy (non-hydrogen) atoms. The first-order valence-corrected chi connectivity index (χ1v) is 14.6. The number of carbonyl (C=O) groups is 1. The first-order valence-electron chi connectivity index (χ1n) is 14.6. The Hall–Kier alpha value is -6.29. The zero-order valence-electron chi connectivity index (χ0n) is 25.6. The summed E-state index contributed by atoms with van der Waals surface area (Å²) in [5.41, 5.74) is 11.1. The van der Waals surface area contributed by atoms with Crippen molar-refractivity contribution in [1.29, 1.82) is 0 Å². The number of methoxy groups -OCH3 is 2. The van der Waals surface area contributed by atoms with Gasteiger partial charge in [-0.05, 0) is 76.9 Å². The Labute approximate surface area is 270 Å². The molecule has 0 unspecified atom stereocenters. The minimum atomic E-state index is -0.577. The molecule has 3 aromatic heterocycles. The molecule has 0 bridgehead atoms. The molecule has 1 amide bonds. The highest BCUT2D eigenvalue weighted by atomic mass is 19.1. The third-order valence-corrected chi connectivity index (χ3v) is 7.68. The van der Waals surface area contributed by atoms with Crippen molar-refractivity contribution in [3.8, 4) is 44.9 Å². The lowest BCUT2D eigenvalue weighted by Crippen LogP contribution is -2.24. The molecule has 6 rings (SSSR count). The normalized spacial score (nSPS) is 10.8. The van der Waals surface area contributed by atoms with Gasteiger partial charge in [0, 0.05) is 59.9 Å². The molecule has 9 nitrogen and oxygen atoms in total. The summed E-state index contributed by atoms with van der Waals surface area (Å²) in [5.74, 6) is 0.557. The van der Waals surface area contributed by atoms with E-state index in [2.05, 4.69) is 15.3 Å². The summed E-state index contributed by atoms with van der Waals surface area (Å²) in [6.07, 6.45) is 8.22. The summed E-state index contributed by atoms with van der Waals surface area (Å²) in [6.45, 7) is 0.393. The number of rotatable bonds is 9. The summed E-state index contributed by atoms with van der Waals surface area (Å²) in [5, 5.41) is 2.84. The minimum Gasteiger partial charge on any atom is -0.493 e. The smallest absolute Gasteiger partial charge is 0.261 e. The van der Waals surface area contributed by atoms with Crippen LogP contribution in [-0.2, 0) is 6.54 Å². The van der Waals surface area contributed by atoms with Crippen LogP contribution >= 0.6 is 0 Å². The maximum atomic E-state index is 13.7. The van der Waals surface area contributed by atoms with E-state index in [1.54, 1.807) is 55.7 Å². The van der Waals surface area contributed by atoms with Crippen LogP contribution in [0.4, 0.5) is 15.9 Å². The molecule has 0 aliphatic carbocycles. The number of halogens is 1.